The lowest BCUT2D eigenvalue weighted by molar-refractivity contribution is -0.145. The second kappa shape index (κ2) is 17.2. The highest BCUT2D eigenvalue weighted by Gasteiger charge is 2.29. The topological polar surface area (TPSA) is 185 Å². The van der Waals surface area contributed by atoms with E-state index < -0.39 is 41.8 Å². The fourth-order valence-electron chi connectivity index (χ4n) is 3.43. The highest BCUT2D eigenvalue weighted by Crippen LogP contribution is 2.14. The Kier molecular flexibility index (Phi) is 14.3. The molecular weight excluding hydrogens is 492 g/mol. The maximum absolute atomic E-state index is 13.2. The number of esters is 1. The van der Waals surface area contributed by atoms with Crippen molar-refractivity contribution in [1.29, 1.82) is 5.41 Å². The second-order valence-corrected chi connectivity index (χ2v) is 8.35. The molecule has 0 fully saturated rings. The molecule has 0 spiro atoms. The number of carbonyl (C=O) groups is 4. The average molecular weight is 531 g/mol. The molecule has 12 heteroatoms. The Balaban J connectivity index is 3.04. The Hall–Kier alpha value is -4.35. The summed E-state index contributed by atoms with van der Waals surface area (Å²) in [5.41, 5.74) is 6.06. The van der Waals surface area contributed by atoms with E-state index in [1.807, 2.05) is 0 Å². The number of ether oxygens (including phenoxy) is 2. The molecule has 0 heterocycles. The zero-order valence-corrected chi connectivity index (χ0v) is 21.9. The lowest BCUT2D eigenvalue weighted by Crippen LogP contribution is -2.56. The third kappa shape index (κ3) is 12.1. The third-order valence-electron chi connectivity index (χ3n) is 5.25. The van der Waals surface area contributed by atoms with E-state index in [4.69, 9.17) is 20.6 Å². The summed E-state index contributed by atoms with van der Waals surface area (Å²) < 4.78 is 10.2. The minimum Gasteiger partial charge on any atom is -0.490 e. The summed E-state index contributed by atoms with van der Waals surface area (Å²) in [4.78, 5) is 50.2. The number of rotatable bonds is 17. The van der Waals surface area contributed by atoms with Gasteiger partial charge < -0.3 is 36.5 Å². The van der Waals surface area contributed by atoms with Gasteiger partial charge in [-0.2, -0.15) is 0 Å². The minimum atomic E-state index is -1.04. The first-order valence-corrected chi connectivity index (χ1v) is 12.1. The Morgan fingerprint density at radius 2 is 1.63 bits per heavy atom. The fraction of sp³-hybridized carbons (Fsp3) is 0.423. The highest BCUT2D eigenvalue weighted by molar-refractivity contribution is 5.93. The van der Waals surface area contributed by atoms with Crippen molar-refractivity contribution < 1.29 is 28.7 Å². The molecule has 0 aliphatic rings. The fourth-order valence-corrected chi connectivity index (χ4v) is 3.43. The zero-order valence-electron chi connectivity index (χ0n) is 21.9. The number of guanidine groups is 1. The SMILES string of the molecule is C=CCOc1ccc(C[C@H](NC(C)=O)C(=O)N[C@@H](CCCNC(=N)N)C(=O)N[C@@H](CC=C)C(=O)OC)cc1. The quantitative estimate of drug-likeness (QED) is 0.0545. The summed E-state index contributed by atoms with van der Waals surface area (Å²) in [5, 5.41) is 17.8. The molecule has 1 rings (SSSR count). The van der Waals surface area contributed by atoms with E-state index in [0.717, 1.165) is 5.56 Å². The van der Waals surface area contributed by atoms with Crippen LogP contribution in [0.3, 0.4) is 0 Å². The Morgan fingerprint density at radius 1 is 1.00 bits per heavy atom. The van der Waals surface area contributed by atoms with Gasteiger partial charge in [-0.15, -0.1) is 6.58 Å². The normalized spacial score (nSPS) is 12.6. The van der Waals surface area contributed by atoms with E-state index in [1.54, 1.807) is 30.3 Å². The molecule has 0 unspecified atom stereocenters. The molecule has 0 saturated carbocycles. The minimum absolute atomic E-state index is 0.131. The van der Waals surface area contributed by atoms with Gasteiger partial charge in [-0.05, 0) is 37.0 Å². The number of nitrogens with one attached hydrogen (secondary N) is 5. The van der Waals surface area contributed by atoms with Gasteiger partial charge in [0.15, 0.2) is 5.96 Å². The third-order valence-corrected chi connectivity index (χ3v) is 5.25. The molecule has 1 aromatic rings. The van der Waals surface area contributed by atoms with Gasteiger partial charge >= 0.3 is 5.97 Å². The van der Waals surface area contributed by atoms with E-state index in [9.17, 15) is 19.2 Å². The van der Waals surface area contributed by atoms with Crippen LogP contribution in [-0.2, 0) is 30.3 Å². The number of carbonyl (C=O) groups excluding carboxylic acids is 4. The number of hydrogen-bond donors (Lipinski definition) is 6. The summed E-state index contributed by atoms with van der Waals surface area (Å²) in [5.74, 6) is -1.85. The maximum Gasteiger partial charge on any atom is 0.328 e. The van der Waals surface area contributed by atoms with Gasteiger partial charge in [0, 0.05) is 19.9 Å². The predicted molar refractivity (Wildman–Crippen MR) is 143 cm³/mol. The van der Waals surface area contributed by atoms with Gasteiger partial charge in [0.1, 0.15) is 30.5 Å². The largest absolute Gasteiger partial charge is 0.490 e. The Labute approximate surface area is 222 Å². The number of nitrogens with two attached hydrogens (primary N) is 1. The van der Waals surface area contributed by atoms with Gasteiger partial charge in [0.2, 0.25) is 17.7 Å². The van der Waals surface area contributed by atoms with E-state index in [0.29, 0.717) is 18.8 Å². The number of amides is 3. The van der Waals surface area contributed by atoms with Crippen LogP contribution in [0.15, 0.2) is 49.6 Å². The number of hydrogen-bond acceptors (Lipinski definition) is 7. The first-order valence-electron chi connectivity index (χ1n) is 12.1. The molecule has 0 saturated heterocycles. The van der Waals surface area contributed by atoms with Crippen molar-refractivity contribution in [2.45, 2.75) is 50.7 Å². The molecule has 0 radical (unpaired) electrons. The van der Waals surface area contributed by atoms with E-state index in [1.165, 1.54) is 20.1 Å². The van der Waals surface area contributed by atoms with Gasteiger partial charge in [-0.25, -0.2) is 4.79 Å². The number of benzene rings is 1. The molecule has 0 bridgehead atoms. The van der Waals surface area contributed by atoms with E-state index in [2.05, 4.69) is 34.4 Å². The molecule has 0 aliphatic carbocycles. The van der Waals surface area contributed by atoms with E-state index in [-0.39, 0.29) is 31.8 Å². The van der Waals surface area contributed by atoms with Crippen molar-refractivity contribution in [2.24, 2.45) is 5.73 Å². The van der Waals surface area contributed by atoms with Gasteiger partial charge in [0.05, 0.1) is 7.11 Å². The van der Waals surface area contributed by atoms with Gasteiger partial charge in [0.25, 0.3) is 0 Å². The van der Waals surface area contributed by atoms with Crippen LogP contribution in [0.5, 0.6) is 5.75 Å². The van der Waals surface area contributed by atoms with E-state index >= 15 is 0 Å². The monoisotopic (exact) mass is 530 g/mol. The van der Waals surface area contributed by atoms with Crippen LogP contribution in [0.25, 0.3) is 0 Å². The zero-order chi connectivity index (χ0) is 28.5. The maximum atomic E-state index is 13.2. The van der Waals surface area contributed by atoms with Crippen molar-refractivity contribution in [3.8, 4) is 5.75 Å². The van der Waals surface area contributed by atoms with Gasteiger partial charge in [-0.3, -0.25) is 19.8 Å². The Morgan fingerprint density at radius 3 is 2.18 bits per heavy atom. The molecule has 3 atom stereocenters. The molecular formula is C26H38N6O6. The van der Waals surface area contributed by atoms with Crippen molar-refractivity contribution in [2.75, 3.05) is 20.3 Å². The van der Waals surface area contributed by atoms with Crippen LogP contribution in [-0.4, -0.2) is 68.0 Å². The molecule has 38 heavy (non-hydrogen) atoms. The highest BCUT2D eigenvalue weighted by atomic mass is 16.5. The Bertz CT molecular complexity index is 981. The molecule has 0 aliphatic heterocycles. The van der Waals surface area contributed by atoms with Crippen LogP contribution < -0.4 is 31.7 Å². The van der Waals surface area contributed by atoms with Crippen LogP contribution in [0, 0.1) is 5.41 Å². The van der Waals surface area contributed by atoms with Crippen molar-refractivity contribution in [3.63, 3.8) is 0 Å². The first kappa shape index (κ1) is 31.7. The van der Waals surface area contributed by atoms with Crippen molar-refractivity contribution in [3.05, 3.63) is 55.1 Å². The van der Waals surface area contributed by atoms with Crippen molar-refractivity contribution in [1.82, 2.24) is 21.3 Å². The molecule has 3 amide bonds. The van der Waals surface area contributed by atoms with Crippen LogP contribution in [0.2, 0.25) is 0 Å². The van der Waals surface area contributed by atoms with Crippen LogP contribution in [0.4, 0.5) is 0 Å². The summed E-state index contributed by atoms with van der Waals surface area (Å²) in [6, 6.07) is 4.04. The van der Waals surface area contributed by atoms with Crippen LogP contribution in [0.1, 0.15) is 31.7 Å². The second-order valence-electron chi connectivity index (χ2n) is 8.35. The molecule has 0 aromatic heterocycles. The van der Waals surface area contributed by atoms with Crippen LogP contribution >= 0.6 is 0 Å². The molecule has 208 valence electrons. The molecule has 7 N–H and O–H groups in total. The first-order chi connectivity index (χ1) is 18.1. The predicted octanol–water partition coefficient (Wildman–Crippen LogP) is 0.281. The summed E-state index contributed by atoms with van der Waals surface area (Å²) in [7, 11) is 1.20. The molecule has 12 nitrogen and oxygen atoms in total. The summed E-state index contributed by atoms with van der Waals surface area (Å²) in [6.07, 6.45) is 3.92. The van der Waals surface area contributed by atoms with Crippen molar-refractivity contribution >= 4 is 29.7 Å². The summed E-state index contributed by atoms with van der Waals surface area (Å²) in [6.45, 7) is 9.12. The number of methoxy groups -OCH3 is 1. The van der Waals surface area contributed by atoms with Gasteiger partial charge in [-0.1, -0.05) is 30.9 Å². The lowest BCUT2D eigenvalue weighted by atomic mass is 10.0. The lowest BCUT2D eigenvalue weighted by Gasteiger charge is -2.24. The molecule has 1 aromatic carbocycles. The summed E-state index contributed by atoms with van der Waals surface area (Å²) >= 11 is 0. The standard InChI is InChI=1S/C26H38N6O6/c1-5-8-21(25(36)37-4)32-23(34)20(9-7-14-29-26(27)28)31-24(35)22(30-17(3)33)16-18-10-12-19(13-11-18)38-15-6-2/h5-6,10-13,20-22H,1-2,7-9,14-16H2,3-4H3,(H,30,33)(H,31,35)(H,32,34)(H4,27,28,29)/t20-,21-,22-/m0/s1. The smallest absolute Gasteiger partial charge is 0.328 e. The average Bonchev–Trinajstić information content (AvgIpc) is 2.88.